The van der Waals surface area contributed by atoms with Crippen molar-refractivity contribution in [1.82, 2.24) is 30.7 Å². The summed E-state index contributed by atoms with van der Waals surface area (Å²) < 4.78 is 5.94. The third-order valence-electron chi connectivity index (χ3n) is 3.29. The fourth-order valence-electron chi connectivity index (χ4n) is 2.04. The fraction of sp³-hybridized carbons (Fsp3) is 0.143. The van der Waals surface area contributed by atoms with E-state index in [4.69, 9.17) is 5.73 Å². The van der Waals surface area contributed by atoms with E-state index in [0.717, 1.165) is 0 Å². The number of nitrogen functional groups attached to an aromatic ring is 1. The van der Waals surface area contributed by atoms with Gasteiger partial charge in [-0.1, -0.05) is 23.4 Å². The molecule has 0 bridgehead atoms. The van der Waals surface area contributed by atoms with E-state index in [2.05, 4.69) is 35.8 Å². The van der Waals surface area contributed by atoms with Crippen LogP contribution in [0, 0.1) is 6.92 Å². The van der Waals surface area contributed by atoms with Crippen molar-refractivity contribution in [1.29, 1.82) is 0 Å². The highest BCUT2D eigenvalue weighted by Crippen LogP contribution is 2.14. The molecule has 2 aromatic heterocycles. The second-order valence-corrected chi connectivity index (χ2v) is 4.91. The minimum Gasteiger partial charge on any atom is -0.378 e. The first-order valence-electron chi connectivity index (χ1n) is 6.98. The molecule has 0 atom stereocenters. The second-order valence-electron chi connectivity index (χ2n) is 4.91. The van der Waals surface area contributed by atoms with Crippen molar-refractivity contribution < 1.29 is 9.42 Å². The number of anilines is 1. The van der Waals surface area contributed by atoms with E-state index in [1.54, 1.807) is 38.1 Å². The Kier molecular flexibility index (Phi) is 4.01. The molecule has 3 aromatic rings. The Morgan fingerprint density at radius 3 is 2.71 bits per heavy atom. The zero-order valence-corrected chi connectivity index (χ0v) is 13.0. The van der Waals surface area contributed by atoms with Gasteiger partial charge in [-0.2, -0.15) is 9.78 Å². The zero-order chi connectivity index (χ0) is 17.1. The van der Waals surface area contributed by atoms with E-state index in [9.17, 15) is 4.79 Å². The molecular formula is C14H14N8O2. The predicted molar refractivity (Wildman–Crippen MR) is 84.5 cm³/mol. The van der Waals surface area contributed by atoms with Gasteiger partial charge in [-0.05, 0) is 36.3 Å². The highest BCUT2D eigenvalue weighted by molar-refractivity contribution is 6.00. The number of amides is 1. The number of nitrogens with two attached hydrogens (primary N) is 1. The Morgan fingerprint density at radius 2 is 2.04 bits per heavy atom. The summed E-state index contributed by atoms with van der Waals surface area (Å²) in [5, 5.41) is 19.2. The van der Waals surface area contributed by atoms with Crippen LogP contribution in [0.15, 0.2) is 40.1 Å². The number of nitrogens with zero attached hydrogens (tertiary/aromatic N) is 6. The summed E-state index contributed by atoms with van der Waals surface area (Å²) in [5.41, 5.74) is 10.2. The maximum Gasteiger partial charge on any atom is 0.271 e. The van der Waals surface area contributed by atoms with Gasteiger partial charge < -0.3 is 5.73 Å². The van der Waals surface area contributed by atoms with Crippen molar-refractivity contribution in [3.63, 3.8) is 0 Å². The van der Waals surface area contributed by atoms with Crippen LogP contribution in [0.5, 0.6) is 0 Å². The topological polar surface area (TPSA) is 137 Å². The molecule has 10 nitrogen and oxygen atoms in total. The molecule has 3 rings (SSSR count). The van der Waals surface area contributed by atoms with E-state index in [1.165, 1.54) is 4.68 Å². The van der Waals surface area contributed by atoms with E-state index < -0.39 is 0 Å². The van der Waals surface area contributed by atoms with Crippen LogP contribution in [0.1, 0.15) is 28.7 Å². The van der Waals surface area contributed by atoms with Crippen molar-refractivity contribution in [3.05, 3.63) is 47.3 Å². The Morgan fingerprint density at radius 1 is 1.29 bits per heavy atom. The van der Waals surface area contributed by atoms with Crippen molar-refractivity contribution in [2.75, 3.05) is 5.73 Å². The van der Waals surface area contributed by atoms with Gasteiger partial charge in [0.1, 0.15) is 5.69 Å². The molecular weight excluding hydrogens is 312 g/mol. The van der Waals surface area contributed by atoms with Gasteiger partial charge in [0.25, 0.3) is 5.91 Å². The molecule has 0 fully saturated rings. The molecule has 1 aromatic carbocycles. The first-order valence-corrected chi connectivity index (χ1v) is 6.98. The minimum absolute atomic E-state index is 0.0986. The summed E-state index contributed by atoms with van der Waals surface area (Å²) >= 11 is 0. The molecule has 0 aliphatic heterocycles. The average molecular weight is 326 g/mol. The third kappa shape index (κ3) is 2.84. The molecule has 0 spiro atoms. The number of aromatic nitrogens is 5. The maximum absolute atomic E-state index is 12.0. The SMILES string of the molecule is C/C(=N/NC(=O)c1ccccc1)c1nnn(-c2nonc2N)c1C. The van der Waals surface area contributed by atoms with E-state index in [-0.39, 0.29) is 17.5 Å². The van der Waals surface area contributed by atoms with Gasteiger partial charge in [0, 0.05) is 5.56 Å². The van der Waals surface area contributed by atoms with Crippen molar-refractivity contribution in [3.8, 4) is 5.82 Å². The zero-order valence-electron chi connectivity index (χ0n) is 13.0. The molecule has 0 unspecified atom stereocenters. The van der Waals surface area contributed by atoms with Crippen LogP contribution in [0.4, 0.5) is 5.82 Å². The number of carbonyl (C=O) groups is 1. The van der Waals surface area contributed by atoms with Crippen LogP contribution in [0.3, 0.4) is 0 Å². The Balaban J connectivity index is 1.81. The molecule has 3 N–H and O–H groups in total. The van der Waals surface area contributed by atoms with Crippen molar-refractivity contribution in [2.24, 2.45) is 5.10 Å². The number of carbonyl (C=O) groups excluding carboxylic acids is 1. The third-order valence-corrected chi connectivity index (χ3v) is 3.29. The molecule has 2 heterocycles. The summed E-state index contributed by atoms with van der Waals surface area (Å²) in [6.45, 7) is 3.47. The molecule has 24 heavy (non-hydrogen) atoms. The van der Waals surface area contributed by atoms with Crippen LogP contribution in [-0.4, -0.2) is 36.9 Å². The van der Waals surface area contributed by atoms with Crippen LogP contribution >= 0.6 is 0 Å². The van der Waals surface area contributed by atoms with Crippen LogP contribution < -0.4 is 11.2 Å². The molecule has 0 radical (unpaired) electrons. The summed E-state index contributed by atoms with van der Waals surface area (Å²) in [6, 6.07) is 8.77. The molecule has 10 heteroatoms. The van der Waals surface area contributed by atoms with Crippen molar-refractivity contribution >= 4 is 17.4 Å². The van der Waals surface area contributed by atoms with Gasteiger partial charge in [0.2, 0.25) is 11.6 Å². The number of hydrazone groups is 1. The number of hydrogen-bond acceptors (Lipinski definition) is 8. The number of hydrogen-bond donors (Lipinski definition) is 2. The van der Waals surface area contributed by atoms with Crippen molar-refractivity contribution in [2.45, 2.75) is 13.8 Å². The quantitative estimate of drug-likeness (QED) is 0.531. The lowest BCUT2D eigenvalue weighted by atomic mass is 10.2. The van der Waals surface area contributed by atoms with Gasteiger partial charge in [-0.3, -0.25) is 4.79 Å². The lowest BCUT2D eigenvalue weighted by molar-refractivity contribution is 0.0955. The summed E-state index contributed by atoms with van der Waals surface area (Å²) in [6.07, 6.45) is 0. The molecule has 122 valence electrons. The average Bonchev–Trinajstić information content (AvgIpc) is 3.18. The first-order chi connectivity index (χ1) is 11.6. The van der Waals surface area contributed by atoms with Crippen LogP contribution in [0.25, 0.3) is 5.82 Å². The molecule has 0 saturated heterocycles. The predicted octanol–water partition coefficient (Wildman–Crippen LogP) is 0.695. The summed E-state index contributed by atoms with van der Waals surface area (Å²) in [5.74, 6) is 0.0267. The minimum atomic E-state index is -0.315. The highest BCUT2D eigenvalue weighted by atomic mass is 16.6. The second kappa shape index (κ2) is 6.28. The molecule has 0 saturated carbocycles. The number of nitrogens with one attached hydrogen (secondary N) is 1. The largest absolute Gasteiger partial charge is 0.378 e. The number of benzene rings is 1. The Labute approximate surface area is 136 Å². The Bertz CT molecular complexity index is 897. The lowest BCUT2D eigenvalue weighted by Gasteiger charge is -2.02. The fourth-order valence-corrected chi connectivity index (χ4v) is 2.04. The van der Waals surface area contributed by atoms with Gasteiger partial charge in [0.05, 0.1) is 11.4 Å². The first kappa shape index (κ1) is 15.3. The van der Waals surface area contributed by atoms with E-state index in [1.807, 2.05) is 6.07 Å². The van der Waals surface area contributed by atoms with E-state index >= 15 is 0 Å². The van der Waals surface area contributed by atoms with E-state index in [0.29, 0.717) is 22.7 Å². The van der Waals surface area contributed by atoms with Crippen LogP contribution in [0.2, 0.25) is 0 Å². The molecule has 0 aliphatic carbocycles. The van der Waals surface area contributed by atoms with Gasteiger partial charge in [-0.15, -0.1) is 5.10 Å². The summed E-state index contributed by atoms with van der Waals surface area (Å²) in [4.78, 5) is 12.0. The maximum atomic E-state index is 12.0. The van der Waals surface area contributed by atoms with Gasteiger partial charge in [0.15, 0.2) is 0 Å². The lowest BCUT2D eigenvalue weighted by Crippen LogP contribution is -2.19. The normalized spacial score (nSPS) is 11.5. The van der Waals surface area contributed by atoms with Gasteiger partial charge in [-0.25, -0.2) is 10.1 Å². The monoisotopic (exact) mass is 326 g/mol. The van der Waals surface area contributed by atoms with Crippen LogP contribution in [-0.2, 0) is 0 Å². The summed E-state index contributed by atoms with van der Waals surface area (Å²) in [7, 11) is 0. The number of rotatable bonds is 4. The standard InChI is InChI=1S/C14H14N8O2/c1-8(16-18-14(23)10-6-4-3-5-7-10)11-9(2)22(21-17-11)13-12(15)19-24-20-13/h3-7H,1-2H3,(H2,15,19)(H,18,23)/b16-8-. The Hall–Kier alpha value is -3.56. The molecule has 0 aliphatic rings. The smallest absolute Gasteiger partial charge is 0.271 e. The molecule has 1 amide bonds. The van der Waals surface area contributed by atoms with Gasteiger partial charge >= 0.3 is 0 Å². The highest BCUT2D eigenvalue weighted by Gasteiger charge is 2.18.